The van der Waals surface area contributed by atoms with Gasteiger partial charge in [0.05, 0.1) is 17.3 Å². The van der Waals surface area contributed by atoms with Crippen LogP contribution in [0.5, 0.6) is 0 Å². The van der Waals surface area contributed by atoms with Gasteiger partial charge < -0.3 is 20.7 Å². The first kappa shape index (κ1) is 37.6. The predicted octanol–water partition coefficient (Wildman–Crippen LogP) is 6.38. The number of pyridine rings is 1. The maximum atomic E-state index is 15.1. The highest BCUT2D eigenvalue weighted by Crippen LogP contribution is 2.32. The van der Waals surface area contributed by atoms with Crippen LogP contribution in [0.3, 0.4) is 0 Å². The molecule has 3 N–H and O–H groups in total. The van der Waals surface area contributed by atoms with E-state index in [2.05, 4.69) is 69.9 Å². The first-order valence-corrected chi connectivity index (χ1v) is 19.5. The Morgan fingerprint density at radius 3 is 2.57 bits per heavy atom. The Kier molecular flexibility index (Phi) is 12.3. The summed E-state index contributed by atoms with van der Waals surface area (Å²) in [6.07, 6.45) is 4.68. The fourth-order valence-electron chi connectivity index (χ4n) is 7.68. The van der Waals surface area contributed by atoms with Crippen LogP contribution in [0, 0.1) is 5.82 Å². The summed E-state index contributed by atoms with van der Waals surface area (Å²) in [5.41, 5.74) is 9.32. The van der Waals surface area contributed by atoms with Crippen molar-refractivity contribution in [1.82, 2.24) is 35.2 Å². The summed E-state index contributed by atoms with van der Waals surface area (Å²) in [6.45, 7) is 13.0. The molecule has 54 heavy (non-hydrogen) atoms. The minimum atomic E-state index is -0.273. The quantitative estimate of drug-likeness (QED) is 0.121. The number of halogens is 1. The number of carbonyl (C=O) groups is 1. The monoisotopic (exact) mass is 732 g/mol. The predicted molar refractivity (Wildman–Crippen MR) is 213 cm³/mol. The fourth-order valence-corrected chi connectivity index (χ4v) is 7.68. The number of nitrogens with one attached hydrogen (secondary N) is 3. The van der Waals surface area contributed by atoms with Crippen molar-refractivity contribution >= 4 is 22.6 Å². The number of ether oxygens (including phenoxy) is 1. The normalized spacial score (nSPS) is 15.6. The molecule has 3 aromatic carbocycles. The van der Waals surface area contributed by atoms with Gasteiger partial charge in [0, 0.05) is 101 Å². The fraction of sp³-hybridized carbons (Fsp3) is 0.419. The summed E-state index contributed by atoms with van der Waals surface area (Å²) in [4.78, 5) is 23.2. The van der Waals surface area contributed by atoms with Crippen molar-refractivity contribution in [3.05, 3.63) is 112 Å². The van der Waals surface area contributed by atoms with Gasteiger partial charge in [0.2, 0.25) is 0 Å². The van der Waals surface area contributed by atoms with E-state index in [1.54, 1.807) is 6.07 Å². The number of nitrogens with zero attached hydrogens (tertiary/aromatic N) is 5. The molecule has 0 aliphatic carbocycles. The summed E-state index contributed by atoms with van der Waals surface area (Å²) < 4.78 is 22.7. The first-order valence-electron chi connectivity index (χ1n) is 19.5. The Morgan fingerprint density at radius 1 is 0.981 bits per heavy atom. The molecule has 1 amide bonds. The molecule has 5 aromatic rings. The smallest absolute Gasteiger partial charge is 0.251 e. The lowest BCUT2D eigenvalue weighted by Gasteiger charge is -2.28. The zero-order valence-corrected chi connectivity index (χ0v) is 31.8. The minimum Gasteiger partial charge on any atom is -0.381 e. The highest BCUT2D eigenvalue weighted by atomic mass is 19.1. The maximum Gasteiger partial charge on any atom is 0.251 e. The van der Waals surface area contributed by atoms with E-state index in [4.69, 9.17) is 9.72 Å². The van der Waals surface area contributed by atoms with E-state index < -0.39 is 0 Å². The standard InChI is InChI=1S/C43H53FN8O2/c1-4-40-38(41(48-35-14-20-54-21-15-35)37-26-47-52(5-2)42(37)49-40)29-50(3)27-31-8-7-11-34(23-31)43(53)46-25-30-12-13-39(44)36(24-30)33-10-6-9-32(22-33)28-51-18-16-45-17-19-51/h6-13,22-24,26,35,45H,4-5,14-21,25,27-29H2,1-3H3,(H,46,53)(H,48,49). The number of benzene rings is 3. The first-order chi connectivity index (χ1) is 26.4. The molecule has 0 spiro atoms. The van der Waals surface area contributed by atoms with Crippen LogP contribution >= 0.6 is 0 Å². The van der Waals surface area contributed by atoms with Gasteiger partial charge in [0.25, 0.3) is 5.91 Å². The number of hydrogen-bond donors (Lipinski definition) is 3. The molecule has 7 rings (SSSR count). The lowest BCUT2D eigenvalue weighted by Crippen LogP contribution is -2.42. The highest BCUT2D eigenvalue weighted by molar-refractivity contribution is 5.94. The zero-order chi connectivity index (χ0) is 37.4. The van der Waals surface area contributed by atoms with Crippen molar-refractivity contribution in [3.63, 3.8) is 0 Å². The number of rotatable bonds is 14. The van der Waals surface area contributed by atoms with Crippen LogP contribution < -0.4 is 16.0 Å². The molecular formula is C43H53FN8O2. The van der Waals surface area contributed by atoms with E-state index in [0.717, 1.165) is 116 Å². The molecule has 0 unspecified atom stereocenters. The topological polar surface area (TPSA) is 99.6 Å². The van der Waals surface area contributed by atoms with Crippen LogP contribution in [0.15, 0.2) is 72.9 Å². The highest BCUT2D eigenvalue weighted by Gasteiger charge is 2.23. The molecule has 4 heterocycles. The summed E-state index contributed by atoms with van der Waals surface area (Å²) >= 11 is 0. The van der Waals surface area contributed by atoms with Crippen molar-refractivity contribution in [2.45, 2.75) is 71.9 Å². The molecule has 2 saturated heterocycles. The molecule has 0 saturated carbocycles. The van der Waals surface area contributed by atoms with E-state index in [-0.39, 0.29) is 11.7 Å². The number of aromatic nitrogens is 3. The maximum absolute atomic E-state index is 15.1. The third-order valence-corrected chi connectivity index (χ3v) is 10.6. The van der Waals surface area contributed by atoms with Gasteiger partial charge >= 0.3 is 0 Å². The molecule has 0 radical (unpaired) electrons. The van der Waals surface area contributed by atoms with Crippen LogP contribution in [0.25, 0.3) is 22.2 Å². The van der Waals surface area contributed by atoms with E-state index in [1.807, 2.05) is 47.3 Å². The van der Waals surface area contributed by atoms with Gasteiger partial charge in [-0.15, -0.1) is 0 Å². The zero-order valence-electron chi connectivity index (χ0n) is 31.8. The van der Waals surface area contributed by atoms with Crippen LogP contribution in [0.4, 0.5) is 10.1 Å². The Bertz CT molecular complexity index is 2050. The third kappa shape index (κ3) is 8.98. The molecular weight excluding hydrogens is 680 g/mol. The molecule has 2 aliphatic rings. The van der Waals surface area contributed by atoms with Crippen molar-refractivity contribution < 1.29 is 13.9 Å². The summed E-state index contributed by atoms with van der Waals surface area (Å²) in [6, 6.07) is 21.3. The lowest BCUT2D eigenvalue weighted by atomic mass is 10.00. The van der Waals surface area contributed by atoms with Crippen LogP contribution in [0.1, 0.15) is 65.0 Å². The molecule has 284 valence electrons. The number of aryl methyl sites for hydroxylation is 2. The summed E-state index contributed by atoms with van der Waals surface area (Å²) in [7, 11) is 2.11. The second kappa shape index (κ2) is 17.6. The molecule has 10 nitrogen and oxygen atoms in total. The molecule has 0 atom stereocenters. The number of anilines is 1. The van der Waals surface area contributed by atoms with Gasteiger partial charge in [-0.3, -0.25) is 14.6 Å². The number of carbonyl (C=O) groups excluding carboxylic acids is 1. The van der Waals surface area contributed by atoms with Gasteiger partial charge in [0.15, 0.2) is 5.65 Å². The van der Waals surface area contributed by atoms with E-state index >= 15 is 4.39 Å². The Labute approximate surface area is 318 Å². The number of piperazine rings is 1. The van der Waals surface area contributed by atoms with Crippen molar-refractivity contribution in [2.75, 3.05) is 51.8 Å². The van der Waals surface area contributed by atoms with Crippen molar-refractivity contribution in [1.29, 1.82) is 0 Å². The lowest BCUT2D eigenvalue weighted by molar-refractivity contribution is 0.0904. The minimum absolute atomic E-state index is 0.165. The molecule has 0 bridgehead atoms. The Balaban J connectivity index is 1.02. The Hall–Kier alpha value is -4.68. The number of hydrogen-bond acceptors (Lipinski definition) is 8. The van der Waals surface area contributed by atoms with E-state index in [0.29, 0.717) is 36.8 Å². The van der Waals surface area contributed by atoms with Crippen LogP contribution in [0.2, 0.25) is 0 Å². The van der Waals surface area contributed by atoms with Gasteiger partial charge in [-0.1, -0.05) is 43.3 Å². The Morgan fingerprint density at radius 2 is 1.78 bits per heavy atom. The van der Waals surface area contributed by atoms with E-state index in [9.17, 15) is 4.79 Å². The molecule has 2 aromatic heterocycles. The van der Waals surface area contributed by atoms with Gasteiger partial charge in [-0.2, -0.15) is 5.10 Å². The van der Waals surface area contributed by atoms with Gasteiger partial charge in [-0.25, -0.2) is 14.1 Å². The average molecular weight is 733 g/mol. The second-order valence-corrected chi connectivity index (χ2v) is 14.6. The number of amides is 1. The largest absolute Gasteiger partial charge is 0.381 e. The molecule has 11 heteroatoms. The molecule has 2 aliphatic heterocycles. The van der Waals surface area contributed by atoms with Crippen molar-refractivity contribution in [2.24, 2.45) is 0 Å². The van der Waals surface area contributed by atoms with Crippen LogP contribution in [-0.2, 0) is 43.9 Å². The van der Waals surface area contributed by atoms with E-state index in [1.165, 1.54) is 11.6 Å². The number of fused-ring (bicyclic) bond motifs is 1. The average Bonchev–Trinajstić information content (AvgIpc) is 3.62. The third-order valence-electron chi connectivity index (χ3n) is 10.6. The SMILES string of the molecule is CCc1nc2c(cnn2CC)c(NC2CCOCC2)c1CN(C)Cc1cccc(C(=O)NCc2ccc(F)c(-c3cccc(CN4CCNCC4)c3)c2)c1. The van der Waals surface area contributed by atoms with Gasteiger partial charge in [0.1, 0.15) is 5.82 Å². The summed E-state index contributed by atoms with van der Waals surface area (Å²) in [5, 5.41) is 16.0. The van der Waals surface area contributed by atoms with Gasteiger partial charge in [-0.05, 0) is 85.8 Å². The second-order valence-electron chi connectivity index (χ2n) is 14.6. The summed E-state index contributed by atoms with van der Waals surface area (Å²) in [5.74, 6) is -0.437. The van der Waals surface area contributed by atoms with Crippen LogP contribution in [-0.4, -0.2) is 83.0 Å². The molecule has 2 fully saturated rings. The van der Waals surface area contributed by atoms with Crippen molar-refractivity contribution in [3.8, 4) is 11.1 Å².